The maximum Gasteiger partial charge on any atom is 0.321 e. The van der Waals surface area contributed by atoms with Crippen LogP contribution in [0.3, 0.4) is 0 Å². The van der Waals surface area contributed by atoms with E-state index in [-0.39, 0.29) is 42.3 Å². The minimum absolute atomic E-state index is 0.0275. The summed E-state index contributed by atoms with van der Waals surface area (Å²) in [7, 11) is -4.06. The predicted octanol–water partition coefficient (Wildman–Crippen LogP) is 4.59. The topological polar surface area (TPSA) is 156 Å². The molecule has 51 heavy (non-hydrogen) atoms. The van der Waals surface area contributed by atoms with E-state index < -0.39 is 34.1 Å². The molecule has 3 amide bonds. The van der Waals surface area contributed by atoms with Gasteiger partial charge < -0.3 is 25.4 Å². The molecule has 2 aromatic carbocycles. The molecule has 0 saturated carbocycles. The van der Waals surface area contributed by atoms with Crippen LogP contribution in [0, 0.1) is 25.7 Å². The molecule has 4 rings (SSSR count). The van der Waals surface area contributed by atoms with Crippen LogP contribution in [0.25, 0.3) is 0 Å². The quantitative estimate of drug-likeness (QED) is 0.105. The van der Waals surface area contributed by atoms with Gasteiger partial charge in [-0.1, -0.05) is 81.7 Å². The number of benzene rings is 2. The number of oxime groups is 1. The molecule has 2 heterocycles. The largest absolute Gasteiger partial charge is 0.411 e. The smallest absolute Gasteiger partial charge is 0.321 e. The number of hydrogen-bond acceptors (Lipinski definition) is 8. The molecule has 276 valence electrons. The van der Waals surface area contributed by atoms with Crippen molar-refractivity contribution in [1.29, 1.82) is 0 Å². The van der Waals surface area contributed by atoms with Gasteiger partial charge in [-0.2, -0.15) is 4.31 Å². The van der Waals surface area contributed by atoms with Crippen molar-refractivity contribution in [2.45, 2.75) is 84.0 Å². The Morgan fingerprint density at radius 2 is 1.73 bits per heavy atom. The Kier molecular flexibility index (Phi) is 13.7. The number of nitrogens with one attached hydrogen (secondary N) is 1. The van der Waals surface area contributed by atoms with Gasteiger partial charge in [-0.25, -0.2) is 13.2 Å². The number of hydrogen-bond donors (Lipinski definition) is 3. The monoisotopic (exact) mass is 720 g/mol. The summed E-state index contributed by atoms with van der Waals surface area (Å²) in [6.07, 6.45) is 2.54. The van der Waals surface area contributed by atoms with Crippen LogP contribution in [0.15, 0.2) is 76.9 Å². The predicted molar refractivity (Wildman–Crippen MR) is 197 cm³/mol. The van der Waals surface area contributed by atoms with Gasteiger partial charge in [0.2, 0.25) is 15.9 Å². The highest BCUT2D eigenvalue weighted by molar-refractivity contribution is 7.89. The van der Waals surface area contributed by atoms with Gasteiger partial charge in [-0.3, -0.25) is 9.78 Å². The molecular formula is C38H52N6O6S. The molecule has 12 nitrogen and oxygen atoms in total. The van der Waals surface area contributed by atoms with E-state index in [0.29, 0.717) is 31.6 Å². The first kappa shape index (κ1) is 39.5. The van der Waals surface area contributed by atoms with E-state index in [4.69, 9.17) is 5.21 Å². The lowest BCUT2D eigenvalue weighted by Crippen LogP contribution is -2.57. The molecule has 2 unspecified atom stereocenters. The van der Waals surface area contributed by atoms with E-state index in [1.807, 2.05) is 77.9 Å². The molecule has 4 atom stereocenters. The molecular weight excluding hydrogens is 669 g/mol. The van der Waals surface area contributed by atoms with Gasteiger partial charge in [-0.05, 0) is 72.6 Å². The van der Waals surface area contributed by atoms with E-state index in [1.165, 1.54) is 34.8 Å². The highest BCUT2D eigenvalue weighted by atomic mass is 32.2. The number of amides is 3. The number of nitrogens with zero attached hydrogens (tertiary/aromatic N) is 5. The molecule has 1 aliphatic heterocycles. The first-order valence-electron chi connectivity index (χ1n) is 17.5. The van der Waals surface area contributed by atoms with Crippen molar-refractivity contribution >= 4 is 28.2 Å². The van der Waals surface area contributed by atoms with Crippen molar-refractivity contribution in [2.75, 3.05) is 26.2 Å². The van der Waals surface area contributed by atoms with E-state index in [9.17, 15) is 23.1 Å². The maximum absolute atomic E-state index is 14.3. The lowest BCUT2D eigenvalue weighted by molar-refractivity contribution is -0.128. The third kappa shape index (κ3) is 9.93. The van der Waals surface area contributed by atoms with Crippen LogP contribution in [-0.4, -0.2) is 100 Å². The second-order valence-corrected chi connectivity index (χ2v) is 15.8. The maximum atomic E-state index is 14.3. The Morgan fingerprint density at radius 1 is 1.04 bits per heavy atom. The fourth-order valence-corrected chi connectivity index (χ4v) is 8.09. The van der Waals surface area contributed by atoms with Crippen LogP contribution < -0.4 is 5.32 Å². The third-order valence-corrected chi connectivity index (χ3v) is 11.4. The normalized spacial score (nSPS) is 16.2. The number of aliphatic hydroxyl groups is 1. The molecule has 0 aliphatic carbocycles. The van der Waals surface area contributed by atoms with Crippen LogP contribution in [-0.2, 0) is 27.8 Å². The summed E-state index contributed by atoms with van der Waals surface area (Å²) in [5.41, 5.74) is 4.27. The number of urea groups is 1. The van der Waals surface area contributed by atoms with Crippen LogP contribution in [0.5, 0.6) is 0 Å². The number of carbonyl (C=O) groups is 2. The van der Waals surface area contributed by atoms with Gasteiger partial charge in [0, 0.05) is 44.6 Å². The molecule has 1 aliphatic rings. The molecule has 0 bridgehead atoms. The van der Waals surface area contributed by atoms with Gasteiger partial charge in [0.25, 0.3) is 0 Å². The molecule has 0 spiro atoms. The molecule has 1 saturated heterocycles. The minimum Gasteiger partial charge on any atom is -0.411 e. The Labute approximate surface area is 302 Å². The van der Waals surface area contributed by atoms with Crippen molar-refractivity contribution in [2.24, 2.45) is 17.0 Å². The number of aliphatic hydroxyl groups excluding tert-OH is 1. The van der Waals surface area contributed by atoms with Gasteiger partial charge >= 0.3 is 6.03 Å². The van der Waals surface area contributed by atoms with Crippen LogP contribution in [0.2, 0.25) is 0 Å². The second-order valence-electron chi connectivity index (χ2n) is 13.8. The lowest BCUT2D eigenvalue weighted by Gasteiger charge is -2.35. The number of sulfonamides is 1. The van der Waals surface area contributed by atoms with Crippen molar-refractivity contribution in [1.82, 2.24) is 24.4 Å². The summed E-state index contributed by atoms with van der Waals surface area (Å²) in [5.74, 6) is -0.650. The van der Waals surface area contributed by atoms with Crippen molar-refractivity contribution in [3.63, 3.8) is 0 Å². The zero-order valence-corrected chi connectivity index (χ0v) is 31.3. The molecule has 0 radical (unpaired) electrons. The second kappa shape index (κ2) is 17.7. The Bertz CT molecular complexity index is 1730. The first-order valence-corrected chi connectivity index (χ1v) is 19.0. The summed E-state index contributed by atoms with van der Waals surface area (Å²) < 4.78 is 29.1. The average Bonchev–Trinajstić information content (AvgIpc) is 3.45. The van der Waals surface area contributed by atoms with Gasteiger partial charge in [-0.15, -0.1) is 0 Å². The number of pyridine rings is 1. The minimum atomic E-state index is -4.06. The Hall–Kier alpha value is -4.33. The highest BCUT2D eigenvalue weighted by Gasteiger charge is 2.41. The summed E-state index contributed by atoms with van der Waals surface area (Å²) in [6, 6.07) is 15.3. The number of rotatable bonds is 17. The van der Waals surface area contributed by atoms with Crippen molar-refractivity contribution < 1.29 is 28.3 Å². The van der Waals surface area contributed by atoms with Crippen molar-refractivity contribution in [3.8, 4) is 0 Å². The summed E-state index contributed by atoms with van der Waals surface area (Å²) >= 11 is 0. The van der Waals surface area contributed by atoms with Crippen molar-refractivity contribution in [3.05, 3.63) is 94.8 Å². The molecule has 3 aromatic rings. The van der Waals surface area contributed by atoms with E-state index in [0.717, 1.165) is 22.4 Å². The Morgan fingerprint density at radius 3 is 2.33 bits per heavy atom. The van der Waals surface area contributed by atoms with E-state index in [2.05, 4.69) is 15.5 Å². The average molecular weight is 721 g/mol. The van der Waals surface area contributed by atoms with Crippen LogP contribution >= 0.6 is 0 Å². The number of aryl methyl sites for hydroxylation is 2. The van der Waals surface area contributed by atoms with Gasteiger partial charge in [0.15, 0.2) is 0 Å². The summed E-state index contributed by atoms with van der Waals surface area (Å²) in [5, 5.41) is 26.7. The van der Waals surface area contributed by atoms with Gasteiger partial charge in [0.05, 0.1) is 23.3 Å². The van der Waals surface area contributed by atoms with Crippen LogP contribution in [0.4, 0.5) is 4.79 Å². The lowest BCUT2D eigenvalue weighted by atomic mass is 9.95. The van der Waals surface area contributed by atoms with Gasteiger partial charge in [0.1, 0.15) is 6.04 Å². The van der Waals surface area contributed by atoms with E-state index in [1.54, 1.807) is 16.0 Å². The molecule has 13 heteroatoms. The fraction of sp³-hybridized carbons (Fsp3) is 0.474. The fourth-order valence-electron chi connectivity index (χ4n) is 6.47. The summed E-state index contributed by atoms with van der Waals surface area (Å²) in [4.78, 5) is 36.0. The molecule has 1 fully saturated rings. The van der Waals surface area contributed by atoms with Crippen LogP contribution in [0.1, 0.15) is 62.1 Å². The van der Waals surface area contributed by atoms with E-state index >= 15 is 0 Å². The zero-order valence-electron chi connectivity index (χ0n) is 30.4. The summed E-state index contributed by atoms with van der Waals surface area (Å²) in [6.45, 7) is 12.7. The number of aromatic nitrogens is 1. The molecule has 3 N–H and O–H groups in total. The SMILES string of the molecule is CCC(C)C(C(=O)N[C@@H](Cc1ccccc1)[C@H](O)CN(CC(C)C)S(=O)(=O)c1ccc(/C=N/O)cc1)N1CCN(Cc2c(C)ccnc2C)C1=O. The zero-order chi connectivity index (χ0) is 37.3. The Balaban J connectivity index is 1.60. The standard InChI is InChI=1S/C38H52N6O6S/c1-7-27(4)36(44-20-19-42(38(44)47)24-33-28(5)17-18-39-29(33)6)37(46)41-34(21-30-11-9-8-10-12-30)35(45)25-43(23-26(2)3)51(49,50)32-15-13-31(14-16-32)22-40-48/h8-18,22,26-27,34-36,45,48H,7,19-21,23-25H2,1-6H3,(H,41,46)/b40-22+/t27?,34-,35+,36?/m0/s1. The number of carbonyl (C=O) groups excluding carboxylic acids is 2. The first-order chi connectivity index (χ1) is 24.3. The highest BCUT2D eigenvalue weighted by Crippen LogP contribution is 2.25. The molecule has 1 aromatic heterocycles. The third-order valence-electron chi connectivity index (χ3n) is 9.54.